The van der Waals surface area contributed by atoms with E-state index >= 15 is 0 Å². The molecular weight excluding hydrogens is 454 g/mol. The minimum atomic E-state index is -2.60. The third-order valence-electron chi connectivity index (χ3n) is 6.54. The van der Waals surface area contributed by atoms with Crippen LogP contribution in [-0.4, -0.2) is 43.8 Å². The van der Waals surface area contributed by atoms with Gasteiger partial charge in [0.15, 0.2) is 0 Å². The highest BCUT2D eigenvalue weighted by Gasteiger charge is 2.36. The van der Waals surface area contributed by atoms with Crippen LogP contribution in [0.15, 0.2) is 53.7 Å². The van der Waals surface area contributed by atoms with Gasteiger partial charge in [0.25, 0.3) is 12.3 Å². The smallest absolute Gasteiger partial charge is 0.280 e. The molecule has 5 rings (SSSR count). The van der Waals surface area contributed by atoms with E-state index in [1.807, 2.05) is 30.8 Å². The number of hydrogen-bond donors (Lipinski definition) is 3. The highest BCUT2D eigenvalue weighted by atomic mass is 19.3. The normalized spacial score (nSPS) is 21.0. The Morgan fingerprint density at radius 1 is 1.31 bits per heavy atom. The van der Waals surface area contributed by atoms with Gasteiger partial charge < -0.3 is 16.4 Å². The van der Waals surface area contributed by atoms with Gasteiger partial charge in [0.05, 0.1) is 12.2 Å². The van der Waals surface area contributed by atoms with Gasteiger partial charge in [0, 0.05) is 24.0 Å². The second-order valence-corrected chi connectivity index (χ2v) is 9.16. The fourth-order valence-electron chi connectivity index (χ4n) is 4.33. The van der Waals surface area contributed by atoms with Gasteiger partial charge in [0.1, 0.15) is 17.6 Å². The Morgan fingerprint density at radius 3 is 2.77 bits per heavy atom. The second-order valence-electron chi connectivity index (χ2n) is 9.16. The Kier molecular flexibility index (Phi) is 6.00. The van der Waals surface area contributed by atoms with Crippen molar-refractivity contribution < 1.29 is 13.6 Å². The van der Waals surface area contributed by atoms with Crippen molar-refractivity contribution in [3.05, 3.63) is 65.4 Å². The maximum absolute atomic E-state index is 13.0. The van der Waals surface area contributed by atoms with Gasteiger partial charge in [-0.15, -0.1) is 5.10 Å². The number of carbonyl (C=O) groups is 1. The predicted molar refractivity (Wildman–Crippen MR) is 127 cm³/mol. The number of halogens is 2. The van der Waals surface area contributed by atoms with E-state index in [0.717, 1.165) is 36.0 Å². The first-order valence-electron chi connectivity index (χ1n) is 11.8. The number of rotatable bonds is 8. The summed E-state index contributed by atoms with van der Waals surface area (Å²) in [4.78, 5) is 16.9. The van der Waals surface area contributed by atoms with E-state index < -0.39 is 6.43 Å². The van der Waals surface area contributed by atoms with Crippen molar-refractivity contribution >= 4 is 17.4 Å². The van der Waals surface area contributed by atoms with Crippen LogP contribution in [0.3, 0.4) is 0 Å². The van der Waals surface area contributed by atoms with E-state index in [-0.39, 0.29) is 35.8 Å². The molecule has 3 atom stereocenters. The SMILES string of the molecule is CCC(C)NC(=O)C1=CC(c2cnn(C(c3ccc(C(F)F)nc3)C3CC3)c2)=CC2NC(N)=NN12. The maximum atomic E-state index is 13.0. The summed E-state index contributed by atoms with van der Waals surface area (Å²) in [5, 5.41) is 16.5. The summed E-state index contributed by atoms with van der Waals surface area (Å²) >= 11 is 0. The highest BCUT2D eigenvalue weighted by Crippen LogP contribution is 2.43. The molecule has 2 aromatic heterocycles. The first kappa shape index (κ1) is 23.0. The molecule has 0 aromatic carbocycles. The number of aromatic nitrogens is 3. The Labute approximate surface area is 201 Å². The average Bonchev–Trinajstić information content (AvgIpc) is 3.41. The first-order valence-corrected chi connectivity index (χ1v) is 11.8. The minimum absolute atomic E-state index is 0.0141. The van der Waals surface area contributed by atoms with Crippen molar-refractivity contribution in [3.63, 3.8) is 0 Å². The molecule has 9 nitrogen and oxygen atoms in total. The Hall–Kier alpha value is -3.76. The number of alkyl halides is 2. The van der Waals surface area contributed by atoms with Crippen LogP contribution in [0, 0.1) is 5.92 Å². The van der Waals surface area contributed by atoms with Gasteiger partial charge in [-0.2, -0.15) is 5.10 Å². The molecule has 4 heterocycles. The molecule has 1 fully saturated rings. The molecule has 35 heavy (non-hydrogen) atoms. The lowest BCUT2D eigenvalue weighted by atomic mass is 10.0. The molecule has 1 aliphatic carbocycles. The molecular formula is C24H28F2N8O. The lowest BCUT2D eigenvalue weighted by molar-refractivity contribution is -0.119. The van der Waals surface area contributed by atoms with Gasteiger partial charge >= 0.3 is 0 Å². The number of nitrogens with two attached hydrogens (primary N) is 1. The van der Waals surface area contributed by atoms with Gasteiger partial charge in [-0.05, 0) is 61.5 Å². The number of carbonyl (C=O) groups excluding carboxylic acids is 1. The van der Waals surface area contributed by atoms with E-state index in [4.69, 9.17) is 5.73 Å². The number of amides is 1. The van der Waals surface area contributed by atoms with Crippen molar-refractivity contribution in [2.45, 2.75) is 57.8 Å². The highest BCUT2D eigenvalue weighted by molar-refractivity contribution is 5.98. The number of guanidine groups is 1. The fourth-order valence-corrected chi connectivity index (χ4v) is 4.33. The van der Waals surface area contributed by atoms with Crippen LogP contribution in [0.1, 0.15) is 62.4 Å². The predicted octanol–water partition coefficient (Wildman–Crippen LogP) is 2.87. The van der Waals surface area contributed by atoms with Crippen LogP contribution >= 0.6 is 0 Å². The average molecular weight is 483 g/mol. The zero-order chi connectivity index (χ0) is 24.7. The summed E-state index contributed by atoms with van der Waals surface area (Å²) in [5.74, 6) is 0.373. The molecule has 1 saturated carbocycles. The molecule has 0 radical (unpaired) electrons. The third-order valence-corrected chi connectivity index (χ3v) is 6.54. The lowest BCUT2D eigenvalue weighted by Gasteiger charge is -2.28. The number of pyridine rings is 1. The monoisotopic (exact) mass is 482 g/mol. The summed E-state index contributed by atoms with van der Waals surface area (Å²) in [5.41, 5.74) is 8.52. The molecule has 0 bridgehead atoms. The van der Waals surface area contributed by atoms with E-state index in [2.05, 4.69) is 25.8 Å². The van der Waals surface area contributed by atoms with Crippen LogP contribution < -0.4 is 16.4 Å². The Bertz CT molecular complexity index is 1200. The molecule has 0 spiro atoms. The number of allylic oxidation sites excluding steroid dienone is 2. The van der Waals surface area contributed by atoms with Crippen LogP contribution in [0.25, 0.3) is 5.57 Å². The van der Waals surface area contributed by atoms with Gasteiger partial charge in [0.2, 0.25) is 5.96 Å². The van der Waals surface area contributed by atoms with Crippen LogP contribution in [-0.2, 0) is 4.79 Å². The molecule has 3 aliphatic rings. The molecule has 11 heteroatoms. The van der Waals surface area contributed by atoms with Gasteiger partial charge in [-0.1, -0.05) is 13.0 Å². The van der Waals surface area contributed by atoms with E-state index in [0.29, 0.717) is 11.6 Å². The molecule has 2 aromatic rings. The first-order chi connectivity index (χ1) is 16.8. The topological polar surface area (TPSA) is 113 Å². The van der Waals surface area contributed by atoms with Crippen molar-refractivity contribution in [1.29, 1.82) is 0 Å². The van der Waals surface area contributed by atoms with Crippen molar-refractivity contribution in [1.82, 2.24) is 30.4 Å². The van der Waals surface area contributed by atoms with E-state index in [1.54, 1.807) is 23.3 Å². The summed E-state index contributed by atoms with van der Waals surface area (Å²) in [6.45, 7) is 3.95. The van der Waals surface area contributed by atoms with Crippen LogP contribution in [0.4, 0.5) is 8.78 Å². The molecule has 0 saturated heterocycles. The largest absolute Gasteiger partial charge is 0.368 e. The zero-order valence-electron chi connectivity index (χ0n) is 19.5. The molecule has 184 valence electrons. The van der Waals surface area contributed by atoms with Crippen LogP contribution in [0.5, 0.6) is 0 Å². The van der Waals surface area contributed by atoms with E-state index in [1.165, 1.54) is 12.3 Å². The van der Waals surface area contributed by atoms with Crippen molar-refractivity contribution in [3.8, 4) is 0 Å². The van der Waals surface area contributed by atoms with Crippen molar-refractivity contribution in [2.24, 2.45) is 16.8 Å². The molecule has 2 aliphatic heterocycles. The quantitative estimate of drug-likeness (QED) is 0.533. The van der Waals surface area contributed by atoms with Crippen LogP contribution in [0.2, 0.25) is 0 Å². The molecule has 3 unspecified atom stereocenters. The molecule has 1 amide bonds. The van der Waals surface area contributed by atoms with Gasteiger partial charge in [-0.3, -0.25) is 14.5 Å². The van der Waals surface area contributed by atoms with E-state index in [9.17, 15) is 13.6 Å². The Morgan fingerprint density at radius 2 is 2.11 bits per heavy atom. The minimum Gasteiger partial charge on any atom is -0.368 e. The number of nitrogens with one attached hydrogen (secondary N) is 2. The summed E-state index contributed by atoms with van der Waals surface area (Å²) in [6, 6.07) is 3.00. The molecule has 4 N–H and O–H groups in total. The third kappa shape index (κ3) is 4.62. The summed E-state index contributed by atoms with van der Waals surface area (Å²) < 4.78 is 27.8. The lowest BCUT2D eigenvalue weighted by Crippen LogP contribution is -2.44. The second kappa shape index (κ2) is 9.12. The maximum Gasteiger partial charge on any atom is 0.280 e. The number of nitrogens with zero attached hydrogens (tertiary/aromatic N) is 5. The number of hydrogen-bond acceptors (Lipinski definition) is 7. The standard InChI is InChI=1S/C24H28F2N8O/c1-3-13(2)30-23(35)19-8-16(9-20-31-24(27)32-34(19)20)17-11-29-33(12-17)21(14-4-5-14)15-6-7-18(22(25)26)28-10-15/h6-14,20-22H,3-5H2,1-2H3,(H,30,35)(H3,27,31,32). The Balaban J connectivity index is 1.44. The van der Waals surface area contributed by atoms with Gasteiger partial charge in [-0.25, -0.2) is 13.8 Å². The summed E-state index contributed by atoms with van der Waals surface area (Å²) in [6.07, 6.45) is 8.80. The number of fused-ring (bicyclic) bond motifs is 1. The zero-order valence-corrected chi connectivity index (χ0v) is 19.5. The van der Waals surface area contributed by atoms with Crippen molar-refractivity contribution in [2.75, 3.05) is 0 Å². The number of hydrazone groups is 1. The fraction of sp³-hybridized carbons (Fsp3) is 0.417. The summed E-state index contributed by atoms with van der Waals surface area (Å²) in [7, 11) is 0.